The topological polar surface area (TPSA) is 87.0 Å². The summed E-state index contributed by atoms with van der Waals surface area (Å²) in [6.07, 6.45) is 2.90. The molecule has 0 amide bonds. The van der Waals surface area contributed by atoms with E-state index in [1.54, 1.807) is 11.7 Å². The molecular formula is C12H17N5O2. The lowest BCUT2D eigenvalue weighted by Gasteiger charge is -2.21. The van der Waals surface area contributed by atoms with Gasteiger partial charge in [0.25, 0.3) is 5.56 Å². The number of β-amino-alcohol motifs (C(OH)–C–C–N with tert-alkyl or cyclic N) is 1. The van der Waals surface area contributed by atoms with Crippen molar-refractivity contribution in [2.45, 2.75) is 25.4 Å². The van der Waals surface area contributed by atoms with Gasteiger partial charge in [0, 0.05) is 20.1 Å². The summed E-state index contributed by atoms with van der Waals surface area (Å²) >= 11 is 0. The van der Waals surface area contributed by atoms with Gasteiger partial charge in [-0.2, -0.15) is 10.1 Å². The van der Waals surface area contributed by atoms with Crippen molar-refractivity contribution in [1.82, 2.24) is 19.7 Å². The highest BCUT2D eigenvalue weighted by Crippen LogP contribution is 2.26. The van der Waals surface area contributed by atoms with E-state index in [0.717, 1.165) is 0 Å². The van der Waals surface area contributed by atoms with Crippen LogP contribution < -0.4 is 10.5 Å². The number of aromatic nitrogens is 4. The maximum atomic E-state index is 12.0. The SMILES string of the molecule is CCC1(O)CCN(c2nc3c(cnn3C)c(=O)[nH]2)C1. The van der Waals surface area contributed by atoms with Gasteiger partial charge in [-0.1, -0.05) is 6.92 Å². The van der Waals surface area contributed by atoms with Crippen molar-refractivity contribution >= 4 is 17.0 Å². The molecular weight excluding hydrogens is 246 g/mol. The number of hydrogen-bond acceptors (Lipinski definition) is 5. The summed E-state index contributed by atoms with van der Waals surface area (Å²) in [5.41, 5.74) is -0.314. The molecule has 1 aliphatic heterocycles. The number of rotatable bonds is 2. The third kappa shape index (κ3) is 1.90. The van der Waals surface area contributed by atoms with E-state index in [9.17, 15) is 9.90 Å². The first-order valence-electron chi connectivity index (χ1n) is 6.42. The van der Waals surface area contributed by atoms with E-state index in [1.165, 1.54) is 6.20 Å². The lowest BCUT2D eigenvalue weighted by Crippen LogP contribution is -2.33. The number of anilines is 1. The maximum Gasteiger partial charge on any atom is 0.263 e. The molecule has 0 aliphatic carbocycles. The first kappa shape index (κ1) is 12.2. The van der Waals surface area contributed by atoms with Gasteiger partial charge in [-0.05, 0) is 12.8 Å². The molecule has 0 saturated carbocycles. The number of nitrogens with zero attached hydrogens (tertiary/aromatic N) is 4. The van der Waals surface area contributed by atoms with Crippen LogP contribution in [-0.2, 0) is 7.05 Å². The zero-order valence-corrected chi connectivity index (χ0v) is 11.1. The van der Waals surface area contributed by atoms with Crippen LogP contribution in [0.3, 0.4) is 0 Å². The van der Waals surface area contributed by atoms with Crippen LogP contribution in [0.2, 0.25) is 0 Å². The molecule has 7 heteroatoms. The minimum absolute atomic E-state index is 0.194. The molecule has 2 aromatic heterocycles. The van der Waals surface area contributed by atoms with Crippen LogP contribution in [0.1, 0.15) is 19.8 Å². The van der Waals surface area contributed by atoms with Gasteiger partial charge < -0.3 is 10.0 Å². The van der Waals surface area contributed by atoms with Gasteiger partial charge in [-0.15, -0.1) is 0 Å². The summed E-state index contributed by atoms with van der Waals surface area (Å²) < 4.78 is 1.58. The smallest absolute Gasteiger partial charge is 0.263 e. The molecule has 1 saturated heterocycles. The number of fused-ring (bicyclic) bond motifs is 1. The molecule has 0 bridgehead atoms. The van der Waals surface area contributed by atoms with Gasteiger partial charge in [0.1, 0.15) is 5.39 Å². The first-order valence-corrected chi connectivity index (χ1v) is 6.42. The number of nitrogens with one attached hydrogen (secondary N) is 1. The molecule has 2 N–H and O–H groups in total. The minimum atomic E-state index is -0.681. The van der Waals surface area contributed by atoms with Gasteiger partial charge in [0.2, 0.25) is 5.95 Å². The summed E-state index contributed by atoms with van der Waals surface area (Å²) in [5, 5.41) is 14.8. The Bertz CT molecular complexity index is 676. The maximum absolute atomic E-state index is 12.0. The number of aryl methyl sites for hydroxylation is 1. The monoisotopic (exact) mass is 263 g/mol. The summed E-state index contributed by atoms with van der Waals surface area (Å²) in [6, 6.07) is 0. The standard InChI is InChI=1S/C12H17N5O2/c1-3-12(19)4-5-17(7-12)11-14-9-8(10(18)15-11)6-13-16(9)2/h6,19H,3-5,7H2,1-2H3,(H,14,15,18). The van der Waals surface area contributed by atoms with E-state index in [1.807, 2.05) is 11.8 Å². The summed E-state index contributed by atoms with van der Waals surface area (Å²) in [4.78, 5) is 21.1. The van der Waals surface area contributed by atoms with Crippen molar-refractivity contribution in [2.24, 2.45) is 7.05 Å². The average molecular weight is 263 g/mol. The largest absolute Gasteiger partial charge is 0.388 e. The molecule has 0 radical (unpaired) electrons. The third-order valence-corrected chi connectivity index (χ3v) is 3.88. The van der Waals surface area contributed by atoms with Crippen LogP contribution in [0, 0.1) is 0 Å². The van der Waals surface area contributed by atoms with Gasteiger partial charge in [0.15, 0.2) is 5.65 Å². The second-order valence-electron chi connectivity index (χ2n) is 5.14. The van der Waals surface area contributed by atoms with Crippen LogP contribution in [0.4, 0.5) is 5.95 Å². The Kier molecular flexibility index (Phi) is 2.60. The Morgan fingerprint density at radius 2 is 2.37 bits per heavy atom. The second-order valence-corrected chi connectivity index (χ2v) is 5.14. The molecule has 0 spiro atoms. The molecule has 1 fully saturated rings. The van der Waals surface area contributed by atoms with Crippen molar-refractivity contribution in [2.75, 3.05) is 18.0 Å². The molecule has 0 aromatic carbocycles. The van der Waals surface area contributed by atoms with Gasteiger partial charge in [-0.25, -0.2) is 0 Å². The Morgan fingerprint density at radius 3 is 3.05 bits per heavy atom. The fourth-order valence-corrected chi connectivity index (χ4v) is 2.50. The lowest BCUT2D eigenvalue weighted by molar-refractivity contribution is 0.0593. The minimum Gasteiger partial charge on any atom is -0.388 e. The van der Waals surface area contributed by atoms with Gasteiger partial charge >= 0.3 is 0 Å². The highest BCUT2D eigenvalue weighted by molar-refractivity contribution is 5.74. The van der Waals surface area contributed by atoms with Crippen LogP contribution in [-0.4, -0.2) is 43.5 Å². The van der Waals surface area contributed by atoms with Crippen molar-refractivity contribution in [3.8, 4) is 0 Å². The predicted molar refractivity (Wildman–Crippen MR) is 71.2 cm³/mol. The van der Waals surface area contributed by atoms with E-state index in [0.29, 0.717) is 42.9 Å². The van der Waals surface area contributed by atoms with E-state index in [2.05, 4.69) is 15.1 Å². The van der Waals surface area contributed by atoms with Crippen LogP contribution in [0.15, 0.2) is 11.0 Å². The Labute approximate surface area is 109 Å². The summed E-state index contributed by atoms with van der Waals surface area (Å²) in [6.45, 7) is 3.15. The van der Waals surface area contributed by atoms with Crippen molar-refractivity contribution in [3.05, 3.63) is 16.6 Å². The average Bonchev–Trinajstić information content (AvgIpc) is 2.95. The van der Waals surface area contributed by atoms with Crippen LogP contribution in [0.5, 0.6) is 0 Å². The Hall–Kier alpha value is -1.89. The first-order chi connectivity index (χ1) is 9.02. The van der Waals surface area contributed by atoms with Crippen molar-refractivity contribution in [1.29, 1.82) is 0 Å². The number of H-pyrrole nitrogens is 1. The van der Waals surface area contributed by atoms with Crippen LogP contribution >= 0.6 is 0 Å². The molecule has 102 valence electrons. The molecule has 1 atom stereocenters. The van der Waals surface area contributed by atoms with E-state index >= 15 is 0 Å². The number of hydrogen-bond donors (Lipinski definition) is 2. The highest BCUT2D eigenvalue weighted by atomic mass is 16.3. The molecule has 19 heavy (non-hydrogen) atoms. The summed E-state index contributed by atoms with van der Waals surface area (Å²) in [7, 11) is 1.75. The van der Waals surface area contributed by atoms with E-state index in [-0.39, 0.29) is 5.56 Å². The zero-order chi connectivity index (χ0) is 13.6. The molecule has 3 rings (SSSR count). The predicted octanol–water partition coefficient (Wildman–Crippen LogP) is 0.00780. The number of aliphatic hydroxyl groups is 1. The zero-order valence-electron chi connectivity index (χ0n) is 11.1. The third-order valence-electron chi connectivity index (χ3n) is 3.88. The van der Waals surface area contributed by atoms with Crippen molar-refractivity contribution < 1.29 is 5.11 Å². The second kappa shape index (κ2) is 4.06. The van der Waals surface area contributed by atoms with Gasteiger partial charge in [-0.3, -0.25) is 14.5 Å². The lowest BCUT2D eigenvalue weighted by atomic mass is 10.0. The molecule has 2 aromatic rings. The van der Waals surface area contributed by atoms with E-state index in [4.69, 9.17) is 0 Å². The quantitative estimate of drug-likeness (QED) is 0.797. The van der Waals surface area contributed by atoms with E-state index < -0.39 is 5.60 Å². The molecule has 1 aliphatic rings. The molecule has 7 nitrogen and oxygen atoms in total. The fraction of sp³-hybridized carbons (Fsp3) is 0.583. The molecule has 1 unspecified atom stereocenters. The van der Waals surface area contributed by atoms with Crippen molar-refractivity contribution in [3.63, 3.8) is 0 Å². The highest BCUT2D eigenvalue weighted by Gasteiger charge is 2.35. The molecule has 3 heterocycles. The van der Waals surface area contributed by atoms with Crippen LogP contribution in [0.25, 0.3) is 11.0 Å². The normalized spacial score (nSPS) is 23.4. The summed E-state index contributed by atoms with van der Waals surface area (Å²) in [5.74, 6) is 0.505. The fourth-order valence-electron chi connectivity index (χ4n) is 2.50. The van der Waals surface area contributed by atoms with Gasteiger partial charge in [0.05, 0.1) is 11.8 Å². The number of aromatic amines is 1. The Balaban J connectivity index is 2.02. The Morgan fingerprint density at radius 1 is 1.58 bits per heavy atom.